The normalized spacial score (nSPS) is 14.1. The fourth-order valence-corrected chi connectivity index (χ4v) is 3.52. The van der Waals surface area contributed by atoms with Crippen LogP contribution in [-0.2, 0) is 4.74 Å². The van der Waals surface area contributed by atoms with Crippen molar-refractivity contribution in [2.75, 3.05) is 55.5 Å². The van der Waals surface area contributed by atoms with Crippen molar-refractivity contribution >= 4 is 34.0 Å². The summed E-state index contributed by atoms with van der Waals surface area (Å²) >= 11 is 0. The summed E-state index contributed by atoms with van der Waals surface area (Å²) in [5.74, 6) is 0.862. The monoisotopic (exact) mass is 390 g/mol. The average Bonchev–Trinajstić information content (AvgIpc) is 2.74. The number of hydrogen-bond acceptors (Lipinski definition) is 5. The average molecular weight is 390 g/mol. The summed E-state index contributed by atoms with van der Waals surface area (Å²) in [7, 11) is 3.95. The summed E-state index contributed by atoms with van der Waals surface area (Å²) in [6, 6.07) is 15.5. The van der Waals surface area contributed by atoms with Crippen LogP contribution < -0.4 is 15.1 Å². The molecule has 29 heavy (non-hydrogen) atoms. The first-order chi connectivity index (χ1) is 14.0. The highest BCUT2D eigenvalue weighted by Crippen LogP contribution is 2.26. The molecular weight excluding hydrogens is 364 g/mol. The van der Waals surface area contributed by atoms with Crippen LogP contribution in [0.1, 0.15) is 15.9 Å². The van der Waals surface area contributed by atoms with Crippen molar-refractivity contribution in [3.8, 4) is 0 Å². The standard InChI is InChI=1S/C23H26N4O2/c1-16-14-22(27-10-12-29-13-11-27)25-21-9-6-18(15-20(16)21)24-23(28)17-4-7-19(8-5-17)26(2)3/h4-9,14-15H,10-13H2,1-3H3,(H,24,28). The number of carbonyl (C=O) groups is 1. The Balaban J connectivity index is 1.55. The number of anilines is 3. The molecule has 0 saturated carbocycles. The van der Waals surface area contributed by atoms with E-state index in [2.05, 4.69) is 23.2 Å². The molecule has 4 rings (SSSR count). The number of ether oxygens (including phenoxy) is 1. The molecule has 0 aliphatic carbocycles. The second-order valence-electron chi connectivity index (χ2n) is 7.52. The second-order valence-corrected chi connectivity index (χ2v) is 7.52. The van der Waals surface area contributed by atoms with Gasteiger partial charge in [0, 0.05) is 49.5 Å². The third-order valence-electron chi connectivity index (χ3n) is 5.24. The Morgan fingerprint density at radius 3 is 2.48 bits per heavy atom. The molecule has 0 bridgehead atoms. The maximum atomic E-state index is 12.6. The van der Waals surface area contributed by atoms with Gasteiger partial charge in [-0.25, -0.2) is 4.98 Å². The molecule has 1 amide bonds. The Bertz CT molecular complexity index is 1020. The quantitative estimate of drug-likeness (QED) is 0.736. The third-order valence-corrected chi connectivity index (χ3v) is 5.24. The van der Waals surface area contributed by atoms with Crippen LogP contribution in [0.3, 0.4) is 0 Å². The number of benzene rings is 2. The second kappa shape index (κ2) is 8.09. The van der Waals surface area contributed by atoms with Gasteiger partial charge in [-0.1, -0.05) is 0 Å². The van der Waals surface area contributed by atoms with Crippen molar-refractivity contribution in [2.45, 2.75) is 6.92 Å². The first-order valence-electron chi connectivity index (χ1n) is 9.84. The van der Waals surface area contributed by atoms with Crippen LogP contribution in [-0.4, -0.2) is 51.3 Å². The van der Waals surface area contributed by atoms with Crippen molar-refractivity contribution in [1.82, 2.24) is 4.98 Å². The zero-order chi connectivity index (χ0) is 20.4. The highest BCUT2D eigenvalue weighted by molar-refractivity contribution is 6.05. The first-order valence-corrected chi connectivity index (χ1v) is 9.84. The highest BCUT2D eigenvalue weighted by atomic mass is 16.5. The lowest BCUT2D eigenvalue weighted by Gasteiger charge is -2.28. The molecule has 0 atom stereocenters. The minimum Gasteiger partial charge on any atom is -0.378 e. The van der Waals surface area contributed by atoms with Crippen LogP contribution in [0.2, 0.25) is 0 Å². The number of pyridine rings is 1. The lowest BCUT2D eigenvalue weighted by Crippen LogP contribution is -2.36. The number of aromatic nitrogens is 1. The van der Waals surface area contributed by atoms with Crippen LogP contribution in [0.4, 0.5) is 17.2 Å². The summed E-state index contributed by atoms with van der Waals surface area (Å²) in [6.45, 7) is 5.27. The van der Waals surface area contributed by atoms with E-state index in [0.717, 1.165) is 60.0 Å². The van der Waals surface area contributed by atoms with Gasteiger partial charge in [0.05, 0.1) is 18.7 Å². The minimum absolute atomic E-state index is 0.120. The van der Waals surface area contributed by atoms with Gasteiger partial charge in [-0.3, -0.25) is 4.79 Å². The van der Waals surface area contributed by atoms with Gasteiger partial charge in [0.15, 0.2) is 0 Å². The van der Waals surface area contributed by atoms with Gasteiger partial charge in [-0.15, -0.1) is 0 Å². The van der Waals surface area contributed by atoms with Crippen LogP contribution in [0.15, 0.2) is 48.5 Å². The van der Waals surface area contributed by atoms with E-state index in [9.17, 15) is 4.79 Å². The zero-order valence-electron chi connectivity index (χ0n) is 17.1. The molecule has 6 nitrogen and oxygen atoms in total. The van der Waals surface area contributed by atoms with Gasteiger partial charge in [-0.05, 0) is 61.0 Å². The summed E-state index contributed by atoms with van der Waals surface area (Å²) < 4.78 is 5.43. The number of amides is 1. The Hall–Kier alpha value is -3.12. The number of carbonyl (C=O) groups excluding carboxylic acids is 1. The highest BCUT2D eigenvalue weighted by Gasteiger charge is 2.14. The Labute approximate surface area is 171 Å². The Morgan fingerprint density at radius 1 is 1.07 bits per heavy atom. The topological polar surface area (TPSA) is 57.7 Å². The summed E-state index contributed by atoms with van der Waals surface area (Å²) in [4.78, 5) is 21.7. The first kappa shape index (κ1) is 19.2. The number of fused-ring (bicyclic) bond motifs is 1. The van der Waals surface area contributed by atoms with Crippen molar-refractivity contribution in [1.29, 1.82) is 0 Å². The molecule has 150 valence electrons. The molecule has 0 radical (unpaired) electrons. The molecule has 2 aromatic carbocycles. The molecule has 0 spiro atoms. The van der Waals surface area contributed by atoms with Gasteiger partial charge < -0.3 is 19.9 Å². The number of nitrogens with one attached hydrogen (secondary N) is 1. The van der Waals surface area contributed by atoms with Crippen LogP contribution in [0.25, 0.3) is 10.9 Å². The largest absolute Gasteiger partial charge is 0.378 e. The predicted molar refractivity (Wildman–Crippen MR) is 118 cm³/mol. The van der Waals surface area contributed by atoms with E-state index in [-0.39, 0.29) is 5.91 Å². The summed E-state index contributed by atoms with van der Waals surface area (Å²) in [5.41, 5.74) is 4.53. The third kappa shape index (κ3) is 4.17. The van der Waals surface area contributed by atoms with Crippen molar-refractivity contribution in [3.05, 3.63) is 59.7 Å². The number of nitrogens with zero attached hydrogens (tertiary/aromatic N) is 3. The molecule has 0 unspecified atom stereocenters. The molecule has 6 heteroatoms. The Kier molecular flexibility index (Phi) is 5.36. The van der Waals surface area contributed by atoms with E-state index in [0.29, 0.717) is 5.56 Å². The summed E-state index contributed by atoms with van der Waals surface area (Å²) in [5, 5.41) is 4.04. The van der Waals surface area contributed by atoms with Crippen LogP contribution in [0, 0.1) is 6.92 Å². The fourth-order valence-electron chi connectivity index (χ4n) is 3.52. The molecule has 3 aromatic rings. The molecule has 2 heterocycles. The smallest absolute Gasteiger partial charge is 0.255 e. The lowest BCUT2D eigenvalue weighted by molar-refractivity contribution is 0.102. The van der Waals surface area contributed by atoms with Crippen molar-refractivity contribution < 1.29 is 9.53 Å². The fraction of sp³-hybridized carbons (Fsp3) is 0.304. The number of rotatable bonds is 4. The van der Waals surface area contributed by atoms with E-state index in [1.54, 1.807) is 0 Å². The maximum absolute atomic E-state index is 12.6. The number of morpholine rings is 1. The number of aryl methyl sites for hydroxylation is 1. The van der Waals surface area contributed by atoms with Gasteiger partial charge in [0.2, 0.25) is 0 Å². The molecule has 1 N–H and O–H groups in total. The molecule has 1 fully saturated rings. The predicted octanol–water partition coefficient (Wildman–Crippen LogP) is 3.70. The molecule has 1 aromatic heterocycles. The van der Waals surface area contributed by atoms with Crippen LogP contribution in [0.5, 0.6) is 0 Å². The SMILES string of the molecule is Cc1cc(N2CCOCC2)nc2ccc(NC(=O)c3ccc(N(C)C)cc3)cc12. The van der Waals surface area contributed by atoms with Gasteiger partial charge in [0.1, 0.15) is 5.82 Å². The maximum Gasteiger partial charge on any atom is 0.255 e. The van der Waals surface area contributed by atoms with E-state index in [1.807, 2.05) is 61.5 Å². The Morgan fingerprint density at radius 2 is 1.79 bits per heavy atom. The van der Waals surface area contributed by atoms with E-state index in [1.165, 1.54) is 0 Å². The minimum atomic E-state index is -0.120. The number of hydrogen-bond donors (Lipinski definition) is 1. The van der Waals surface area contributed by atoms with E-state index in [4.69, 9.17) is 9.72 Å². The summed E-state index contributed by atoms with van der Waals surface area (Å²) in [6.07, 6.45) is 0. The van der Waals surface area contributed by atoms with Gasteiger partial charge in [0.25, 0.3) is 5.91 Å². The molecule has 1 aliphatic heterocycles. The van der Waals surface area contributed by atoms with Crippen molar-refractivity contribution in [2.24, 2.45) is 0 Å². The van der Waals surface area contributed by atoms with E-state index >= 15 is 0 Å². The molecule has 1 saturated heterocycles. The van der Waals surface area contributed by atoms with Crippen molar-refractivity contribution in [3.63, 3.8) is 0 Å². The molecular formula is C23H26N4O2. The van der Waals surface area contributed by atoms with Gasteiger partial charge >= 0.3 is 0 Å². The zero-order valence-corrected chi connectivity index (χ0v) is 17.1. The van der Waals surface area contributed by atoms with E-state index < -0.39 is 0 Å². The lowest BCUT2D eigenvalue weighted by atomic mass is 10.1. The van der Waals surface area contributed by atoms with Crippen LogP contribution >= 0.6 is 0 Å². The molecule has 1 aliphatic rings. The van der Waals surface area contributed by atoms with Gasteiger partial charge in [-0.2, -0.15) is 0 Å².